The molecule has 2 amide bonds. The van der Waals surface area contributed by atoms with Crippen molar-refractivity contribution in [2.75, 3.05) is 17.1 Å². The third kappa shape index (κ3) is 8.44. The van der Waals surface area contributed by atoms with Crippen LogP contribution in [0, 0.1) is 5.82 Å². The van der Waals surface area contributed by atoms with Gasteiger partial charge in [-0.3, -0.25) is 13.9 Å². The van der Waals surface area contributed by atoms with Gasteiger partial charge in [0.25, 0.3) is 0 Å². The average Bonchev–Trinajstić information content (AvgIpc) is 3.43. The van der Waals surface area contributed by atoms with Gasteiger partial charge in [0, 0.05) is 24.0 Å². The Kier molecular flexibility index (Phi) is 10.3. The van der Waals surface area contributed by atoms with Gasteiger partial charge in [0.2, 0.25) is 21.8 Å². The summed E-state index contributed by atoms with van der Waals surface area (Å²) in [6.45, 7) is -0.649. The highest BCUT2D eigenvalue weighted by Crippen LogP contribution is 2.31. The maximum atomic E-state index is 14.1. The molecule has 1 aliphatic rings. The van der Waals surface area contributed by atoms with Crippen molar-refractivity contribution < 1.29 is 22.4 Å². The molecule has 1 unspecified atom stereocenters. The molecule has 1 N–H and O–H groups in total. The minimum atomic E-state index is -3.98. The number of nitrogens with one attached hydrogen (secondary N) is 1. The summed E-state index contributed by atoms with van der Waals surface area (Å²) in [5, 5.41) is 3.46. The summed E-state index contributed by atoms with van der Waals surface area (Å²) in [5.74, 6) is -1.38. The Morgan fingerprint density at radius 3 is 2.24 bits per heavy atom. The standard InChI is InChI=1S/C30H32Cl2FN3O4S/c1-41(39,40)36(27-16-13-23(31)18-26(27)32)20-29(37)35(19-22-11-14-24(33)15-12-22)28(17-21-7-3-2-4-8-21)30(38)34-25-9-5-6-10-25/h2-4,7-8,11-16,18,25,28H,5-6,9-10,17,19-20H2,1H3,(H,34,38). The van der Waals surface area contributed by atoms with Crippen LogP contribution in [0.1, 0.15) is 36.8 Å². The van der Waals surface area contributed by atoms with Crippen molar-refractivity contribution in [3.05, 3.63) is 99.8 Å². The minimum absolute atomic E-state index is 0.00365. The van der Waals surface area contributed by atoms with Crippen molar-refractivity contribution in [2.24, 2.45) is 0 Å². The smallest absolute Gasteiger partial charge is 0.244 e. The highest BCUT2D eigenvalue weighted by Gasteiger charge is 2.34. The molecule has 3 aromatic rings. The molecule has 218 valence electrons. The summed E-state index contributed by atoms with van der Waals surface area (Å²) >= 11 is 12.4. The molecule has 0 spiro atoms. The van der Waals surface area contributed by atoms with Gasteiger partial charge in [0.05, 0.1) is 17.0 Å². The van der Waals surface area contributed by atoms with Crippen LogP contribution < -0.4 is 9.62 Å². The maximum absolute atomic E-state index is 14.1. The third-order valence-corrected chi connectivity index (χ3v) is 8.76. The molecular weight excluding hydrogens is 588 g/mol. The second-order valence-corrected chi connectivity index (χ2v) is 13.0. The van der Waals surface area contributed by atoms with E-state index in [1.807, 2.05) is 30.3 Å². The van der Waals surface area contributed by atoms with Crippen LogP contribution in [-0.2, 0) is 32.6 Å². The first kappa shape index (κ1) is 30.8. The largest absolute Gasteiger partial charge is 0.352 e. The molecular formula is C30H32Cl2FN3O4S. The fourth-order valence-electron chi connectivity index (χ4n) is 4.99. The first-order valence-corrected chi connectivity index (χ1v) is 15.9. The Morgan fingerprint density at radius 1 is 0.976 bits per heavy atom. The highest BCUT2D eigenvalue weighted by atomic mass is 35.5. The van der Waals surface area contributed by atoms with Gasteiger partial charge in [0.15, 0.2) is 0 Å². The lowest BCUT2D eigenvalue weighted by molar-refractivity contribution is -0.140. The van der Waals surface area contributed by atoms with Crippen LogP contribution in [0.3, 0.4) is 0 Å². The van der Waals surface area contributed by atoms with Gasteiger partial charge in [-0.1, -0.05) is 78.5 Å². The molecule has 41 heavy (non-hydrogen) atoms. The van der Waals surface area contributed by atoms with Gasteiger partial charge in [-0.25, -0.2) is 12.8 Å². The van der Waals surface area contributed by atoms with Crippen LogP contribution in [0.2, 0.25) is 10.0 Å². The number of carbonyl (C=O) groups is 2. The topological polar surface area (TPSA) is 86.8 Å². The third-order valence-electron chi connectivity index (χ3n) is 7.10. The summed E-state index contributed by atoms with van der Waals surface area (Å²) in [4.78, 5) is 29.3. The number of hydrogen-bond acceptors (Lipinski definition) is 4. The average molecular weight is 621 g/mol. The van der Waals surface area contributed by atoms with Crippen molar-refractivity contribution in [1.82, 2.24) is 10.2 Å². The van der Waals surface area contributed by atoms with E-state index in [0.717, 1.165) is 41.8 Å². The summed E-state index contributed by atoms with van der Waals surface area (Å²) in [7, 11) is -3.98. The van der Waals surface area contributed by atoms with Crippen LogP contribution in [0.25, 0.3) is 0 Å². The van der Waals surface area contributed by atoms with E-state index >= 15 is 0 Å². The van der Waals surface area contributed by atoms with Crippen LogP contribution >= 0.6 is 23.2 Å². The number of carbonyl (C=O) groups excluding carboxylic acids is 2. The van der Waals surface area contributed by atoms with Crippen molar-refractivity contribution in [3.63, 3.8) is 0 Å². The summed E-state index contributed by atoms with van der Waals surface area (Å²) < 4.78 is 40.4. The zero-order chi connectivity index (χ0) is 29.6. The van der Waals surface area contributed by atoms with Gasteiger partial charge >= 0.3 is 0 Å². The van der Waals surface area contributed by atoms with Gasteiger partial charge in [-0.15, -0.1) is 0 Å². The van der Waals surface area contributed by atoms with Crippen molar-refractivity contribution in [3.8, 4) is 0 Å². The predicted octanol–water partition coefficient (Wildman–Crippen LogP) is 5.60. The van der Waals surface area contributed by atoms with Crippen molar-refractivity contribution in [1.29, 1.82) is 0 Å². The van der Waals surface area contributed by atoms with E-state index in [2.05, 4.69) is 5.32 Å². The van der Waals surface area contributed by atoms with Gasteiger partial charge in [-0.2, -0.15) is 0 Å². The Balaban J connectivity index is 1.73. The lowest BCUT2D eigenvalue weighted by Gasteiger charge is -2.34. The molecule has 3 aromatic carbocycles. The number of sulfonamides is 1. The summed E-state index contributed by atoms with van der Waals surface area (Å²) in [6, 6.07) is 18.3. The van der Waals surface area contributed by atoms with Crippen LogP contribution in [0.4, 0.5) is 10.1 Å². The highest BCUT2D eigenvalue weighted by molar-refractivity contribution is 7.92. The Hall–Kier alpha value is -3.14. The molecule has 0 saturated heterocycles. The van der Waals surface area contributed by atoms with E-state index in [9.17, 15) is 22.4 Å². The lowest BCUT2D eigenvalue weighted by Crippen LogP contribution is -2.54. The van der Waals surface area contributed by atoms with Gasteiger partial charge in [0.1, 0.15) is 18.4 Å². The first-order valence-electron chi connectivity index (χ1n) is 13.3. The SMILES string of the molecule is CS(=O)(=O)N(CC(=O)N(Cc1ccc(F)cc1)C(Cc1ccccc1)C(=O)NC1CCCC1)c1ccc(Cl)cc1Cl. The quantitative estimate of drug-likeness (QED) is 0.303. The van der Waals surface area contributed by atoms with E-state index < -0.39 is 34.3 Å². The minimum Gasteiger partial charge on any atom is -0.352 e. The molecule has 1 atom stereocenters. The lowest BCUT2D eigenvalue weighted by atomic mass is 10.0. The molecule has 1 aliphatic carbocycles. The number of rotatable bonds is 11. The van der Waals surface area contributed by atoms with E-state index in [0.29, 0.717) is 10.6 Å². The summed E-state index contributed by atoms with van der Waals surface area (Å²) in [5.41, 5.74) is 1.50. The molecule has 0 aromatic heterocycles. The second-order valence-electron chi connectivity index (χ2n) is 10.2. The Labute approximate surface area is 250 Å². The number of halogens is 3. The zero-order valence-corrected chi connectivity index (χ0v) is 24.9. The Morgan fingerprint density at radius 2 is 1.63 bits per heavy atom. The number of nitrogens with zero attached hydrogens (tertiary/aromatic N) is 2. The normalized spacial score (nSPS) is 14.4. The number of hydrogen-bond donors (Lipinski definition) is 1. The number of benzene rings is 3. The number of anilines is 1. The Bertz CT molecular complexity index is 1470. The summed E-state index contributed by atoms with van der Waals surface area (Å²) in [6.07, 6.45) is 4.91. The fraction of sp³-hybridized carbons (Fsp3) is 0.333. The van der Waals surface area contributed by atoms with Crippen LogP contribution in [-0.4, -0.2) is 50.0 Å². The molecule has 4 rings (SSSR count). The van der Waals surface area contributed by atoms with Crippen LogP contribution in [0.5, 0.6) is 0 Å². The van der Waals surface area contributed by atoms with E-state index in [1.54, 1.807) is 0 Å². The molecule has 0 heterocycles. The van der Waals surface area contributed by atoms with E-state index in [4.69, 9.17) is 23.2 Å². The molecule has 1 saturated carbocycles. The molecule has 1 fully saturated rings. The monoisotopic (exact) mass is 619 g/mol. The molecule has 0 aliphatic heterocycles. The van der Waals surface area contributed by atoms with E-state index in [-0.39, 0.29) is 35.6 Å². The second kappa shape index (κ2) is 13.7. The van der Waals surface area contributed by atoms with E-state index in [1.165, 1.54) is 47.4 Å². The number of amides is 2. The van der Waals surface area contributed by atoms with Crippen LogP contribution in [0.15, 0.2) is 72.8 Å². The first-order chi connectivity index (χ1) is 19.5. The van der Waals surface area contributed by atoms with Crippen molar-refractivity contribution >= 4 is 50.7 Å². The van der Waals surface area contributed by atoms with Gasteiger partial charge in [-0.05, 0) is 54.3 Å². The molecule has 11 heteroatoms. The van der Waals surface area contributed by atoms with Gasteiger partial charge < -0.3 is 10.2 Å². The fourth-order valence-corrected chi connectivity index (χ4v) is 6.41. The zero-order valence-electron chi connectivity index (χ0n) is 22.6. The van der Waals surface area contributed by atoms with Crippen molar-refractivity contribution in [2.45, 2.75) is 50.7 Å². The molecule has 7 nitrogen and oxygen atoms in total. The maximum Gasteiger partial charge on any atom is 0.244 e. The predicted molar refractivity (Wildman–Crippen MR) is 160 cm³/mol. The molecule has 0 bridgehead atoms. The molecule has 0 radical (unpaired) electrons.